The molecule has 1 N–H and O–H groups in total. The molecule has 2 aliphatic heterocycles. The lowest BCUT2D eigenvalue weighted by Gasteiger charge is -2.43. The largest absolute Gasteiger partial charge is 0.762 e. The van der Waals surface area contributed by atoms with Gasteiger partial charge in [0.05, 0.1) is 6.17 Å². The summed E-state index contributed by atoms with van der Waals surface area (Å²) in [6, 6.07) is 0.396. The van der Waals surface area contributed by atoms with Gasteiger partial charge in [0.15, 0.2) is 0 Å². The van der Waals surface area contributed by atoms with E-state index in [2.05, 4.69) is 16.7 Å². The lowest BCUT2D eigenvalue weighted by atomic mass is 9.84. The Morgan fingerprint density at radius 2 is 1.90 bits per heavy atom. The fraction of sp³-hybridized carbons (Fsp3) is 1.00. The summed E-state index contributed by atoms with van der Waals surface area (Å²) in [6.45, 7) is 5.69. The Bertz CT molecular complexity index is 326. The second-order valence-corrected chi connectivity index (χ2v) is 6.93. The zero-order valence-electron chi connectivity index (χ0n) is 12.6. The molecule has 0 spiro atoms. The highest BCUT2D eigenvalue weighted by Gasteiger charge is 2.40. The van der Waals surface area contributed by atoms with Gasteiger partial charge in [0.2, 0.25) is 0 Å². The van der Waals surface area contributed by atoms with Gasteiger partial charge in [0.25, 0.3) is 0 Å². The second-order valence-electron chi connectivity index (χ2n) is 6.93. The molecule has 3 fully saturated rings. The van der Waals surface area contributed by atoms with Crippen molar-refractivity contribution in [3.05, 3.63) is 5.21 Å². The molecule has 1 saturated carbocycles. The molecule has 2 saturated heterocycles. The smallest absolute Gasteiger partial charge is 0.0625 e. The van der Waals surface area contributed by atoms with Gasteiger partial charge in [-0.25, -0.2) is 0 Å². The molecule has 0 bridgehead atoms. The van der Waals surface area contributed by atoms with Crippen LogP contribution >= 0.6 is 0 Å². The quantitative estimate of drug-likeness (QED) is 0.805. The van der Waals surface area contributed by atoms with Crippen LogP contribution in [0.4, 0.5) is 0 Å². The summed E-state index contributed by atoms with van der Waals surface area (Å²) >= 11 is 0. The van der Waals surface area contributed by atoms with Crippen molar-refractivity contribution in [1.29, 1.82) is 0 Å². The summed E-state index contributed by atoms with van der Waals surface area (Å²) < 4.78 is 0. The second kappa shape index (κ2) is 6.28. The zero-order valence-corrected chi connectivity index (χ0v) is 12.6. The van der Waals surface area contributed by atoms with Gasteiger partial charge in [-0.2, -0.15) is 0 Å². The summed E-state index contributed by atoms with van der Waals surface area (Å²) in [5.74, 6) is 0.329. The average molecular weight is 282 g/mol. The molecule has 0 radical (unpaired) electrons. The topological polar surface area (TPSA) is 53.0 Å². The van der Waals surface area contributed by atoms with Crippen molar-refractivity contribution in [2.75, 3.05) is 19.6 Å². The number of hydrogen-bond acceptors (Lipinski definition) is 5. The van der Waals surface area contributed by atoms with Crippen LogP contribution in [0.2, 0.25) is 0 Å². The van der Waals surface area contributed by atoms with E-state index in [1.807, 2.05) is 0 Å². The fourth-order valence-electron chi connectivity index (χ4n) is 4.56. The van der Waals surface area contributed by atoms with Gasteiger partial charge in [-0.3, -0.25) is 15.0 Å². The molecule has 2 heterocycles. The third-order valence-corrected chi connectivity index (χ3v) is 5.62. The number of nitrogens with zero attached hydrogens (tertiary/aromatic N) is 3. The van der Waals surface area contributed by atoms with Crippen LogP contribution < -0.4 is 0 Å². The molecule has 4 atom stereocenters. The van der Waals surface area contributed by atoms with Gasteiger partial charge < -0.3 is 10.4 Å². The van der Waals surface area contributed by atoms with Crippen LogP contribution in [0.3, 0.4) is 0 Å². The molecule has 116 valence electrons. The van der Waals surface area contributed by atoms with Crippen LogP contribution in [-0.4, -0.2) is 58.1 Å². The summed E-state index contributed by atoms with van der Waals surface area (Å²) in [6.07, 6.45) is 8.71. The summed E-state index contributed by atoms with van der Waals surface area (Å²) in [7, 11) is 0. The first-order valence-electron chi connectivity index (χ1n) is 8.32. The van der Waals surface area contributed by atoms with E-state index in [-0.39, 0.29) is 11.3 Å². The molecule has 20 heavy (non-hydrogen) atoms. The lowest BCUT2D eigenvalue weighted by molar-refractivity contribution is -0.112. The molecule has 4 unspecified atom stereocenters. The maximum atomic E-state index is 11.4. The molecule has 0 aromatic heterocycles. The first-order valence-corrected chi connectivity index (χ1v) is 8.32. The third-order valence-electron chi connectivity index (χ3n) is 5.62. The predicted octanol–water partition coefficient (Wildman–Crippen LogP) is 2.25. The molecule has 0 aromatic carbocycles. The van der Waals surface area contributed by atoms with Crippen molar-refractivity contribution in [3.63, 3.8) is 0 Å². The van der Waals surface area contributed by atoms with E-state index in [0.717, 1.165) is 25.8 Å². The Hall–Kier alpha value is -0.200. The van der Waals surface area contributed by atoms with Crippen molar-refractivity contribution in [2.24, 2.45) is 5.92 Å². The molecular weight excluding hydrogens is 254 g/mol. The minimum atomic E-state index is -0.186. The maximum absolute atomic E-state index is 11.4. The van der Waals surface area contributed by atoms with Crippen molar-refractivity contribution in [1.82, 2.24) is 15.0 Å². The molecule has 1 aliphatic carbocycles. The van der Waals surface area contributed by atoms with Gasteiger partial charge in [-0.05, 0) is 51.5 Å². The van der Waals surface area contributed by atoms with Crippen molar-refractivity contribution in [3.8, 4) is 0 Å². The number of hydrogen-bond donors (Lipinski definition) is 1. The molecule has 5 nitrogen and oxygen atoms in total. The molecule has 5 heteroatoms. The minimum Gasteiger partial charge on any atom is -0.762 e. The van der Waals surface area contributed by atoms with Gasteiger partial charge in [0.1, 0.15) is 0 Å². The normalized spacial score (nSPS) is 40.2. The lowest BCUT2D eigenvalue weighted by Crippen LogP contribution is -2.49. The molecule has 0 aromatic rings. The van der Waals surface area contributed by atoms with E-state index in [9.17, 15) is 10.4 Å². The first kappa shape index (κ1) is 14.7. The van der Waals surface area contributed by atoms with E-state index in [1.165, 1.54) is 38.8 Å². The summed E-state index contributed by atoms with van der Waals surface area (Å²) in [4.78, 5) is 5.21. The zero-order chi connectivity index (χ0) is 14.1. The van der Waals surface area contributed by atoms with Gasteiger partial charge in [-0.15, -0.1) is 0 Å². The molecule has 3 aliphatic rings. The number of hydroxylamine groups is 2. The van der Waals surface area contributed by atoms with Crippen LogP contribution in [0.25, 0.3) is 0 Å². The van der Waals surface area contributed by atoms with Crippen molar-refractivity contribution in [2.45, 2.75) is 70.1 Å². The van der Waals surface area contributed by atoms with Gasteiger partial charge in [-0.1, -0.05) is 12.8 Å². The number of piperidine rings is 1. The fourth-order valence-corrected chi connectivity index (χ4v) is 4.56. The number of fused-ring (bicyclic) bond motifs is 1. The Morgan fingerprint density at radius 3 is 2.70 bits per heavy atom. The molecule has 0 amide bonds. The highest BCUT2D eigenvalue weighted by molar-refractivity contribution is 4.93. The van der Waals surface area contributed by atoms with Gasteiger partial charge >= 0.3 is 0 Å². The Morgan fingerprint density at radius 1 is 1.15 bits per heavy atom. The monoisotopic (exact) mass is 282 g/mol. The van der Waals surface area contributed by atoms with Gasteiger partial charge in [0, 0.05) is 25.2 Å². The van der Waals surface area contributed by atoms with Crippen LogP contribution in [0.15, 0.2) is 0 Å². The number of rotatable bonds is 3. The summed E-state index contributed by atoms with van der Waals surface area (Å²) in [5.41, 5.74) is 0. The standard InChI is InChI=1S/C15H28N3O2/c1-12-10-16-9-5-4-8-15(16)17(12)11-13-6-2-3-7-14(13)18(19)20/h12-15,19H,2-11H2,1H3/q-1. The van der Waals surface area contributed by atoms with Crippen LogP contribution in [0, 0.1) is 11.1 Å². The third kappa shape index (κ3) is 2.88. The molecule has 3 rings (SSSR count). The summed E-state index contributed by atoms with van der Waals surface area (Å²) in [5, 5.41) is 21.0. The van der Waals surface area contributed by atoms with E-state index in [1.54, 1.807) is 0 Å². The molecular formula is C15H28N3O2-. The minimum absolute atomic E-state index is 0.186. The Kier molecular flexibility index (Phi) is 4.62. The maximum Gasteiger partial charge on any atom is 0.0625 e. The highest BCUT2D eigenvalue weighted by Crippen LogP contribution is 2.33. The van der Waals surface area contributed by atoms with Crippen molar-refractivity contribution < 1.29 is 5.21 Å². The van der Waals surface area contributed by atoms with E-state index in [0.29, 0.717) is 18.1 Å². The van der Waals surface area contributed by atoms with Crippen LogP contribution in [0.5, 0.6) is 0 Å². The SMILES string of the molecule is CC1CN2CCCCC2N1CC1CCCCC1N([O-])O. The average Bonchev–Trinajstić information content (AvgIpc) is 2.76. The van der Waals surface area contributed by atoms with Crippen molar-refractivity contribution >= 4 is 0 Å². The van der Waals surface area contributed by atoms with Crippen LogP contribution in [0.1, 0.15) is 51.9 Å². The van der Waals surface area contributed by atoms with E-state index in [4.69, 9.17) is 0 Å². The van der Waals surface area contributed by atoms with E-state index >= 15 is 0 Å². The first-order chi connectivity index (χ1) is 9.66. The van der Waals surface area contributed by atoms with Crippen LogP contribution in [-0.2, 0) is 0 Å². The Labute approximate surface area is 122 Å². The predicted molar refractivity (Wildman–Crippen MR) is 78.1 cm³/mol. The highest BCUT2D eigenvalue weighted by atomic mass is 16.8. The van der Waals surface area contributed by atoms with E-state index < -0.39 is 0 Å². The Balaban J connectivity index is 1.66.